The van der Waals surface area contributed by atoms with Gasteiger partial charge in [0.05, 0.1) is 10.9 Å². The quantitative estimate of drug-likeness (QED) is 0.865. The van der Waals surface area contributed by atoms with Gasteiger partial charge in [0.15, 0.2) is 5.43 Å². The normalized spacial score (nSPS) is 10.6. The molecule has 0 bridgehead atoms. The number of fused-ring (bicyclic) bond motifs is 1. The SMILES string of the molecule is O=C(O)c1cc(=O)c2c(SCl)cccc2[nH]1. The van der Waals surface area contributed by atoms with Crippen LogP contribution in [-0.2, 0) is 0 Å². The minimum atomic E-state index is -1.16. The number of aromatic nitrogens is 1. The second kappa shape index (κ2) is 4.19. The van der Waals surface area contributed by atoms with Crippen molar-refractivity contribution < 1.29 is 9.90 Å². The molecule has 4 nitrogen and oxygen atoms in total. The van der Waals surface area contributed by atoms with Crippen LogP contribution in [0, 0.1) is 0 Å². The lowest BCUT2D eigenvalue weighted by Crippen LogP contribution is -2.09. The summed E-state index contributed by atoms with van der Waals surface area (Å²) in [6.07, 6.45) is 0. The number of H-pyrrole nitrogens is 1. The summed E-state index contributed by atoms with van der Waals surface area (Å²) in [5.41, 5.74) is -0.0142. The van der Waals surface area contributed by atoms with Gasteiger partial charge in [-0.3, -0.25) is 4.79 Å². The Kier molecular flexibility index (Phi) is 2.89. The Morgan fingerprint density at radius 1 is 1.44 bits per heavy atom. The maximum atomic E-state index is 11.7. The first-order chi connectivity index (χ1) is 7.63. The molecule has 0 fully saturated rings. The molecule has 1 aromatic heterocycles. The van der Waals surface area contributed by atoms with Gasteiger partial charge in [0.2, 0.25) is 0 Å². The number of aromatic carboxylic acids is 1. The minimum absolute atomic E-state index is 0.130. The van der Waals surface area contributed by atoms with E-state index in [2.05, 4.69) is 4.98 Å². The Bertz CT molecular complexity index is 623. The van der Waals surface area contributed by atoms with Crippen molar-refractivity contribution in [3.63, 3.8) is 0 Å². The molecule has 0 unspecified atom stereocenters. The van der Waals surface area contributed by atoms with Crippen LogP contribution in [0.5, 0.6) is 0 Å². The highest BCUT2D eigenvalue weighted by atomic mass is 35.7. The van der Waals surface area contributed by atoms with E-state index in [-0.39, 0.29) is 11.1 Å². The van der Waals surface area contributed by atoms with E-state index in [0.717, 1.165) is 17.0 Å². The number of carboxylic acids is 1. The molecule has 2 aromatic rings. The fourth-order valence-electron chi connectivity index (χ4n) is 1.45. The number of halogens is 1. The van der Waals surface area contributed by atoms with Crippen molar-refractivity contribution in [3.8, 4) is 0 Å². The van der Waals surface area contributed by atoms with Crippen molar-refractivity contribution in [2.45, 2.75) is 4.90 Å². The third-order valence-electron chi connectivity index (χ3n) is 2.13. The van der Waals surface area contributed by atoms with Crippen LogP contribution in [0.25, 0.3) is 10.9 Å². The van der Waals surface area contributed by atoms with E-state index in [1.165, 1.54) is 0 Å². The molecule has 0 amide bonds. The van der Waals surface area contributed by atoms with E-state index in [4.69, 9.17) is 15.8 Å². The van der Waals surface area contributed by atoms with Gasteiger partial charge in [0, 0.05) is 11.0 Å². The number of benzene rings is 1. The topological polar surface area (TPSA) is 70.2 Å². The van der Waals surface area contributed by atoms with Crippen LogP contribution in [0.4, 0.5) is 0 Å². The molecule has 0 atom stereocenters. The van der Waals surface area contributed by atoms with Gasteiger partial charge in [0.25, 0.3) is 0 Å². The minimum Gasteiger partial charge on any atom is -0.477 e. The molecule has 0 aliphatic heterocycles. The molecular weight excluding hydrogens is 250 g/mol. The molecule has 6 heteroatoms. The second-order valence-electron chi connectivity index (χ2n) is 3.11. The van der Waals surface area contributed by atoms with Gasteiger partial charge in [0.1, 0.15) is 5.69 Å². The fourth-order valence-corrected chi connectivity index (χ4v) is 2.26. The van der Waals surface area contributed by atoms with Gasteiger partial charge in [-0.1, -0.05) is 6.07 Å². The van der Waals surface area contributed by atoms with Crippen LogP contribution in [-0.4, -0.2) is 16.1 Å². The molecule has 1 aromatic carbocycles. The van der Waals surface area contributed by atoms with Crippen LogP contribution >= 0.6 is 21.7 Å². The average Bonchev–Trinajstić information content (AvgIpc) is 2.27. The summed E-state index contributed by atoms with van der Waals surface area (Å²) in [6.45, 7) is 0. The molecule has 0 aliphatic rings. The van der Waals surface area contributed by atoms with Crippen molar-refractivity contribution in [1.29, 1.82) is 0 Å². The van der Waals surface area contributed by atoms with Gasteiger partial charge in [-0.25, -0.2) is 4.79 Å². The largest absolute Gasteiger partial charge is 0.477 e. The molecule has 0 spiro atoms. The van der Waals surface area contributed by atoms with Gasteiger partial charge < -0.3 is 10.1 Å². The summed E-state index contributed by atoms with van der Waals surface area (Å²) in [7, 11) is 6.56. The molecule has 82 valence electrons. The molecular formula is C10H6ClNO3S. The van der Waals surface area contributed by atoms with Gasteiger partial charge in [-0.05, 0) is 33.8 Å². The lowest BCUT2D eigenvalue weighted by atomic mass is 10.2. The molecule has 1 heterocycles. The first kappa shape index (κ1) is 11.0. The summed E-state index contributed by atoms with van der Waals surface area (Å²) < 4.78 is 0. The molecule has 2 rings (SSSR count). The highest BCUT2D eigenvalue weighted by Gasteiger charge is 2.10. The van der Waals surface area contributed by atoms with Crippen molar-refractivity contribution in [2.24, 2.45) is 0 Å². The summed E-state index contributed by atoms with van der Waals surface area (Å²) in [5, 5.41) is 9.20. The maximum Gasteiger partial charge on any atom is 0.352 e. The predicted octanol–water partition coefficient (Wildman–Crippen LogP) is 2.47. The Morgan fingerprint density at radius 3 is 2.81 bits per heavy atom. The number of rotatable bonds is 2. The predicted molar refractivity (Wildman–Crippen MR) is 63.2 cm³/mol. The zero-order valence-electron chi connectivity index (χ0n) is 7.86. The van der Waals surface area contributed by atoms with E-state index in [1.54, 1.807) is 18.2 Å². The lowest BCUT2D eigenvalue weighted by Gasteiger charge is -2.03. The Balaban J connectivity index is 2.86. The first-order valence-corrected chi connectivity index (χ1v) is 5.95. The van der Waals surface area contributed by atoms with Crippen LogP contribution < -0.4 is 5.43 Å². The van der Waals surface area contributed by atoms with E-state index in [1.807, 2.05) is 0 Å². The van der Waals surface area contributed by atoms with Crippen molar-refractivity contribution in [1.82, 2.24) is 4.98 Å². The number of hydrogen-bond acceptors (Lipinski definition) is 3. The zero-order valence-corrected chi connectivity index (χ0v) is 9.43. The molecule has 0 saturated carbocycles. The number of aromatic amines is 1. The number of carbonyl (C=O) groups is 1. The summed E-state index contributed by atoms with van der Waals surface area (Å²) >= 11 is 0. The van der Waals surface area contributed by atoms with Crippen LogP contribution in [0.15, 0.2) is 34.0 Å². The first-order valence-electron chi connectivity index (χ1n) is 4.31. The summed E-state index contributed by atoms with van der Waals surface area (Å²) in [6, 6.07) is 6.10. The zero-order chi connectivity index (χ0) is 11.7. The van der Waals surface area contributed by atoms with Gasteiger partial charge >= 0.3 is 5.97 Å². The molecule has 16 heavy (non-hydrogen) atoms. The highest BCUT2D eigenvalue weighted by molar-refractivity contribution is 8.21. The Morgan fingerprint density at radius 2 is 2.19 bits per heavy atom. The number of carboxylic acid groups (broad SMARTS) is 1. The third-order valence-corrected chi connectivity index (χ3v) is 3.14. The average molecular weight is 256 g/mol. The standard InChI is InChI=1S/C10H6ClNO3S/c11-16-8-3-1-2-5-9(8)7(13)4-6(12-5)10(14)15/h1-4H,(H,12,13)(H,14,15). The highest BCUT2D eigenvalue weighted by Crippen LogP contribution is 2.27. The van der Waals surface area contributed by atoms with Crippen LogP contribution in [0.1, 0.15) is 10.5 Å². The van der Waals surface area contributed by atoms with Gasteiger partial charge in [-0.2, -0.15) is 0 Å². The van der Waals surface area contributed by atoms with E-state index >= 15 is 0 Å². The maximum absolute atomic E-state index is 11.7. The van der Waals surface area contributed by atoms with Crippen LogP contribution in [0.2, 0.25) is 0 Å². The van der Waals surface area contributed by atoms with Crippen molar-refractivity contribution >= 4 is 38.5 Å². The van der Waals surface area contributed by atoms with E-state index in [0.29, 0.717) is 15.8 Å². The molecule has 0 saturated heterocycles. The van der Waals surface area contributed by atoms with Crippen molar-refractivity contribution in [3.05, 3.63) is 40.2 Å². The number of nitrogens with one attached hydrogen (secondary N) is 1. The molecule has 0 aliphatic carbocycles. The van der Waals surface area contributed by atoms with E-state index < -0.39 is 5.97 Å². The summed E-state index contributed by atoms with van der Waals surface area (Å²) in [5.74, 6) is -1.16. The lowest BCUT2D eigenvalue weighted by molar-refractivity contribution is 0.0691. The van der Waals surface area contributed by atoms with Crippen molar-refractivity contribution in [2.75, 3.05) is 0 Å². The second-order valence-corrected chi connectivity index (χ2v) is 4.17. The molecule has 0 radical (unpaired) electrons. The summed E-state index contributed by atoms with van der Waals surface area (Å²) in [4.78, 5) is 25.8. The van der Waals surface area contributed by atoms with Gasteiger partial charge in [-0.15, -0.1) is 0 Å². The number of hydrogen-bond donors (Lipinski definition) is 2. The smallest absolute Gasteiger partial charge is 0.352 e. The molecule has 2 N–H and O–H groups in total. The Labute approximate surface area is 98.7 Å². The monoisotopic (exact) mass is 255 g/mol. The number of pyridine rings is 1. The van der Waals surface area contributed by atoms with Crippen LogP contribution in [0.3, 0.4) is 0 Å². The third kappa shape index (κ3) is 1.79. The Hall–Kier alpha value is -1.46. The van der Waals surface area contributed by atoms with E-state index in [9.17, 15) is 9.59 Å². The fraction of sp³-hybridized carbons (Fsp3) is 0.